The Morgan fingerprint density at radius 3 is 2.41 bits per heavy atom. The van der Waals surface area contributed by atoms with E-state index in [0.717, 1.165) is 32.4 Å². The lowest BCUT2D eigenvalue weighted by Gasteiger charge is -2.37. The van der Waals surface area contributed by atoms with Gasteiger partial charge in [0, 0.05) is 25.0 Å². The standard InChI is InChI=1S/C13H24N2O.ClH/c1-10-9-15(8-7-12(10)14)13(16)11-5-3-2-4-6-11;/h10-12H,2-9,14H2,1H3;1H. The molecule has 4 heteroatoms. The zero-order valence-corrected chi connectivity index (χ0v) is 11.5. The van der Waals surface area contributed by atoms with Crippen LogP contribution in [0.1, 0.15) is 45.4 Å². The van der Waals surface area contributed by atoms with Crippen molar-refractivity contribution in [2.45, 2.75) is 51.5 Å². The van der Waals surface area contributed by atoms with Gasteiger partial charge in [-0.25, -0.2) is 0 Å². The summed E-state index contributed by atoms with van der Waals surface area (Å²) in [7, 11) is 0. The third-order valence-corrected chi connectivity index (χ3v) is 4.24. The largest absolute Gasteiger partial charge is 0.342 e. The quantitative estimate of drug-likeness (QED) is 0.786. The van der Waals surface area contributed by atoms with Crippen LogP contribution < -0.4 is 5.73 Å². The van der Waals surface area contributed by atoms with Crippen molar-refractivity contribution in [1.82, 2.24) is 4.90 Å². The van der Waals surface area contributed by atoms with Gasteiger partial charge in [0.15, 0.2) is 0 Å². The highest BCUT2D eigenvalue weighted by molar-refractivity contribution is 5.85. The summed E-state index contributed by atoms with van der Waals surface area (Å²) in [5, 5.41) is 0. The molecule has 0 aromatic carbocycles. The first kappa shape index (κ1) is 14.8. The van der Waals surface area contributed by atoms with Crippen molar-refractivity contribution >= 4 is 18.3 Å². The van der Waals surface area contributed by atoms with Gasteiger partial charge in [-0.05, 0) is 25.2 Å². The molecule has 1 aliphatic heterocycles. The number of carbonyl (C=O) groups is 1. The minimum atomic E-state index is 0. The molecule has 2 N–H and O–H groups in total. The van der Waals surface area contributed by atoms with Crippen molar-refractivity contribution in [3.05, 3.63) is 0 Å². The predicted octanol–water partition coefficient (Wildman–Crippen LogP) is 2.18. The number of halogens is 1. The lowest BCUT2D eigenvalue weighted by molar-refractivity contribution is -0.138. The van der Waals surface area contributed by atoms with Crippen LogP contribution in [0.3, 0.4) is 0 Å². The molecular weight excluding hydrogens is 236 g/mol. The molecule has 100 valence electrons. The van der Waals surface area contributed by atoms with E-state index in [1.54, 1.807) is 0 Å². The minimum absolute atomic E-state index is 0. The number of nitrogens with two attached hydrogens (primary N) is 1. The second-order valence-electron chi connectivity index (χ2n) is 5.55. The number of nitrogens with zero attached hydrogens (tertiary/aromatic N) is 1. The number of rotatable bonds is 1. The monoisotopic (exact) mass is 260 g/mol. The van der Waals surface area contributed by atoms with E-state index in [0.29, 0.717) is 17.7 Å². The molecule has 2 unspecified atom stereocenters. The summed E-state index contributed by atoms with van der Waals surface area (Å²) < 4.78 is 0. The van der Waals surface area contributed by atoms with Crippen LogP contribution in [0.2, 0.25) is 0 Å². The summed E-state index contributed by atoms with van der Waals surface area (Å²) >= 11 is 0. The van der Waals surface area contributed by atoms with Crippen molar-refractivity contribution in [2.75, 3.05) is 13.1 Å². The molecule has 1 amide bonds. The van der Waals surface area contributed by atoms with E-state index in [1.165, 1.54) is 19.3 Å². The number of hydrogen-bond acceptors (Lipinski definition) is 2. The zero-order chi connectivity index (χ0) is 11.5. The van der Waals surface area contributed by atoms with Gasteiger partial charge < -0.3 is 10.6 Å². The number of amides is 1. The molecule has 0 aromatic heterocycles. The predicted molar refractivity (Wildman–Crippen MR) is 72.2 cm³/mol. The van der Waals surface area contributed by atoms with Crippen LogP contribution in [0.5, 0.6) is 0 Å². The van der Waals surface area contributed by atoms with E-state index in [4.69, 9.17) is 5.73 Å². The number of carbonyl (C=O) groups excluding carboxylic acids is 1. The first-order valence-corrected chi connectivity index (χ1v) is 6.73. The Hall–Kier alpha value is -0.280. The number of hydrogen-bond donors (Lipinski definition) is 1. The van der Waals surface area contributed by atoms with Crippen LogP contribution in [0.4, 0.5) is 0 Å². The fourth-order valence-corrected chi connectivity index (χ4v) is 2.97. The fourth-order valence-electron chi connectivity index (χ4n) is 2.97. The molecule has 3 nitrogen and oxygen atoms in total. The molecule has 1 saturated heterocycles. The SMILES string of the molecule is CC1CN(C(=O)C2CCCCC2)CCC1N.Cl. The van der Waals surface area contributed by atoms with Gasteiger partial charge in [-0.1, -0.05) is 26.2 Å². The van der Waals surface area contributed by atoms with Crippen LogP contribution in [0.25, 0.3) is 0 Å². The molecule has 0 bridgehead atoms. The van der Waals surface area contributed by atoms with Gasteiger partial charge >= 0.3 is 0 Å². The maximum Gasteiger partial charge on any atom is 0.225 e. The van der Waals surface area contributed by atoms with Crippen LogP contribution in [0, 0.1) is 11.8 Å². The van der Waals surface area contributed by atoms with Gasteiger partial charge in [-0.3, -0.25) is 4.79 Å². The molecule has 0 radical (unpaired) electrons. The van der Waals surface area contributed by atoms with Crippen molar-refractivity contribution in [3.63, 3.8) is 0 Å². The summed E-state index contributed by atoms with van der Waals surface area (Å²) in [5.41, 5.74) is 5.98. The maximum atomic E-state index is 12.3. The maximum absolute atomic E-state index is 12.3. The second kappa shape index (κ2) is 6.60. The Morgan fingerprint density at radius 2 is 1.82 bits per heavy atom. The fraction of sp³-hybridized carbons (Fsp3) is 0.923. The first-order chi connectivity index (χ1) is 7.68. The van der Waals surface area contributed by atoms with E-state index >= 15 is 0 Å². The van der Waals surface area contributed by atoms with Gasteiger partial charge in [-0.15, -0.1) is 12.4 Å². The van der Waals surface area contributed by atoms with Crippen molar-refractivity contribution in [1.29, 1.82) is 0 Å². The van der Waals surface area contributed by atoms with E-state index in [-0.39, 0.29) is 18.4 Å². The second-order valence-corrected chi connectivity index (χ2v) is 5.55. The highest BCUT2D eigenvalue weighted by atomic mass is 35.5. The molecule has 1 aliphatic carbocycles. The van der Waals surface area contributed by atoms with E-state index < -0.39 is 0 Å². The third-order valence-electron chi connectivity index (χ3n) is 4.24. The molecule has 2 atom stereocenters. The topological polar surface area (TPSA) is 46.3 Å². The van der Waals surface area contributed by atoms with Gasteiger partial charge in [-0.2, -0.15) is 0 Å². The lowest BCUT2D eigenvalue weighted by Crippen LogP contribution is -2.49. The summed E-state index contributed by atoms with van der Waals surface area (Å²) in [6.45, 7) is 3.91. The number of piperidine rings is 1. The normalized spacial score (nSPS) is 30.8. The van der Waals surface area contributed by atoms with Crippen LogP contribution in [0.15, 0.2) is 0 Å². The van der Waals surface area contributed by atoms with E-state index in [1.807, 2.05) is 0 Å². The zero-order valence-electron chi connectivity index (χ0n) is 10.7. The van der Waals surface area contributed by atoms with Gasteiger partial charge in [0.2, 0.25) is 5.91 Å². The molecule has 2 rings (SSSR count). The molecule has 2 fully saturated rings. The summed E-state index contributed by atoms with van der Waals surface area (Å²) in [5.74, 6) is 1.18. The highest BCUT2D eigenvalue weighted by Gasteiger charge is 2.30. The molecule has 1 heterocycles. The Labute approximate surface area is 111 Å². The molecule has 0 spiro atoms. The average molecular weight is 261 g/mol. The lowest BCUT2D eigenvalue weighted by atomic mass is 9.87. The first-order valence-electron chi connectivity index (χ1n) is 6.73. The molecular formula is C13H25ClN2O. The third kappa shape index (κ3) is 3.59. The Kier molecular flexibility index (Phi) is 5.74. The Morgan fingerprint density at radius 1 is 1.18 bits per heavy atom. The van der Waals surface area contributed by atoms with Crippen molar-refractivity contribution in [3.8, 4) is 0 Å². The van der Waals surface area contributed by atoms with Crippen LogP contribution >= 0.6 is 12.4 Å². The number of likely N-dealkylation sites (tertiary alicyclic amines) is 1. The van der Waals surface area contributed by atoms with Crippen LogP contribution in [-0.2, 0) is 4.79 Å². The van der Waals surface area contributed by atoms with E-state index in [9.17, 15) is 4.79 Å². The van der Waals surface area contributed by atoms with Gasteiger partial charge in [0.1, 0.15) is 0 Å². The molecule has 0 aromatic rings. The molecule has 17 heavy (non-hydrogen) atoms. The van der Waals surface area contributed by atoms with E-state index in [2.05, 4.69) is 11.8 Å². The highest BCUT2D eigenvalue weighted by Crippen LogP contribution is 2.27. The summed E-state index contributed by atoms with van der Waals surface area (Å²) in [6, 6.07) is 0.287. The van der Waals surface area contributed by atoms with Crippen LogP contribution in [-0.4, -0.2) is 29.9 Å². The molecule has 1 saturated carbocycles. The average Bonchev–Trinajstić information content (AvgIpc) is 2.33. The smallest absolute Gasteiger partial charge is 0.225 e. The Bertz CT molecular complexity index is 254. The van der Waals surface area contributed by atoms with Crippen molar-refractivity contribution in [2.24, 2.45) is 17.6 Å². The van der Waals surface area contributed by atoms with Gasteiger partial charge in [0.05, 0.1) is 0 Å². The summed E-state index contributed by atoms with van der Waals surface area (Å²) in [6.07, 6.45) is 6.97. The Balaban J connectivity index is 0.00000144. The molecule has 2 aliphatic rings. The van der Waals surface area contributed by atoms with Crippen molar-refractivity contribution < 1.29 is 4.79 Å². The van der Waals surface area contributed by atoms with Gasteiger partial charge in [0.25, 0.3) is 0 Å². The summed E-state index contributed by atoms with van der Waals surface area (Å²) in [4.78, 5) is 14.4. The minimum Gasteiger partial charge on any atom is -0.342 e.